The standard InChI is InChI=1S/C20H21ClN4O3S/c1-12-6-7-16(13(2)10-12)22-17(26)8-9-18(27)24-25-20(29)23-19(28)14-4-3-5-15(21)11-14/h3-7,10-11H,8-9H2,1-2H3,(H,22,26)(H,24,27)(H2,23,25,28,29). The molecule has 0 spiro atoms. The first-order valence-electron chi connectivity index (χ1n) is 8.77. The molecular weight excluding hydrogens is 412 g/mol. The fraction of sp³-hybridized carbons (Fsp3) is 0.200. The number of nitrogens with one attached hydrogen (secondary N) is 4. The second kappa shape index (κ2) is 10.5. The summed E-state index contributed by atoms with van der Waals surface area (Å²) in [6, 6.07) is 12.0. The molecule has 0 atom stereocenters. The molecule has 2 aromatic carbocycles. The van der Waals surface area contributed by atoms with Gasteiger partial charge in [-0.3, -0.25) is 30.6 Å². The Hall–Kier alpha value is -2.97. The van der Waals surface area contributed by atoms with E-state index in [0.717, 1.165) is 11.1 Å². The minimum absolute atomic E-state index is 0.00245. The van der Waals surface area contributed by atoms with Gasteiger partial charge in [-0.25, -0.2) is 0 Å². The molecule has 0 fully saturated rings. The maximum atomic E-state index is 12.0. The van der Waals surface area contributed by atoms with Gasteiger partial charge in [-0.15, -0.1) is 0 Å². The molecule has 2 rings (SSSR count). The number of aryl methyl sites for hydroxylation is 2. The summed E-state index contributed by atoms with van der Waals surface area (Å²) in [6.45, 7) is 3.87. The van der Waals surface area contributed by atoms with Crippen molar-refractivity contribution in [3.05, 3.63) is 64.2 Å². The Morgan fingerprint density at radius 3 is 2.38 bits per heavy atom. The average molecular weight is 433 g/mol. The van der Waals surface area contributed by atoms with E-state index >= 15 is 0 Å². The number of halogens is 1. The van der Waals surface area contributed by atoms with Gasteiger partial charge in [-0.1, -0.05) is 35.4 Å². The highest BCUT2D eigenvalue weighted by Crippen LogP contribution is 2.16. The molecule has 0 heterocycles. The molecule has 0 saturated heterocycles. The molecule has 29 heavy (non-hydrogen) atoms. The SMILES string of the molecule is Cc1ccc(NC(=O)CCC(=O)NNC(=S)NC(=O)c2cccc(Cl)c2)c(C)c1. The lowest BCUT2D eigenvalue weighted by Gasteiger charge is -2.11. The van der Waals surface area contributed by atoms with Gasteiger partial charge in [0.2, 0.25) is 11.8 Å². The predicted octanol–water partition coefficient (Wildman–Crippen LogP) is 3.01. The van der Waals surface area contributed by atoms with E-state index in [0.29, 0.717) is 16.3 Å². The molecule has 7 nitrogen and oxygen atoms in total. The molecule has 0 saturated carbocycles. The molecule has 3 amide bonds. The minimum atomic E-state index is -0.466. The quantitative estimate of drug-likeness (QED) is 0.430. The third kappa shape index (κ3) is 7.52. The van der Waals surface area contributed by atoms with Crippen LogP contribution in [0.1, 0.15) is 34.3 Å². The first-order valence-corrected chi connectivity index (χ1v) is 9.56. The van der Waals surface area contributed by atoms with Gasteiger partial charge in [-0.2, -0.15) is 0 Å². The molecule has 4 N–H and O–H groups in total. The van der Waals surface area contributed by atoms with Crippen molar-refractivity contribution in [2.75, 3.05) is 5.32 Å². The Labute approximate surface area is 179 Å². The minimum Gasteiger partial charge on any atom is -0.326 e. The van der Waals surface area contributed by atoms with E-state index in [1.54, 1.807) is 18.2 Å². The van der Waals surface area contributed by atoms with Gasteiger partial charge in [0.05, 0.1) is 0 Å². The number of amides is 3. The number of rotatable bonds is 5. The van der Waals surface area contributed by atoms with Crippen molar-refractivity contribution in [2.45, 2.75) is 26.7 Å². The Morgan fingerprint density at radius 1 is 0.966 bits per heavy atom. The van der Waals surface area contributed by atoms with E-state index in [1.807, 2.05) is 32.0 Å². The summed E-state index contributed by atoms with van der Waals surface area (Å²) in [5, 5.41) is 5.53. The summed E-state index contributed by atoms with van der Waals surface area (Å²) in [4.78, 5) is 35.9. The lowest BCUT2D eigenvalue weighted by Crippen LogP contribution is -2.48. The Morgan fingerprint density at radius 2 is 1.69 bits per heavy atom. The largest absolute Gasteiger partial charge is 0.326 e. The lowest BCUT2D eigenvalue weighted by atomic mass is 10.1. The Kier molecular flexibility index (Phi) is 8.11. The first-order chi connectivity index (χ1) is 13.7. The number of hydrazine groups is 1. The Bertz CT molecular complexity index is 949. The summed E-state index contributed by atoms with van der Waals surface area (Å²) in [7, 11) is 0. The van der Waals surface area contributed by atoms with Crippen LogP contribution in [-0.2, 0) is 9.59 Å². The molecule has 0 bridgehead atoms. The van der Waals surface area contributed by atoms with Crippen LogP contribution in [0.4, 0.5) is 5.69 Å². The zero-order valence-corrected chi connectivity index (χ0v) is 17.5. The number of thiocarbonyl (C=S) groups is 1. The van der Waals surface area contributed by atoms with Crippen molar-refractivity contribution in [2.24, 2.45) is 0 Å². The molecule has 0 aliphatic rings. The van der Waals surface area contributed by atoms with E-state index < -0.39 is 11.8 Å². The maximum Gasteiger partial charge on any atom is 0.257 e. The molecule has 0 aliphatic carbocycles. The van der Waals surface area contributed by atoms with Crippen LogP contribution in [0.25, 0.3) is 0 Å². The van der Waals surface area contributed by atoms with E-state index in [2.05, 4.69) is 21.5 Å². The highest BCUT2D eigenvalue weighted by molar-refractivity contribution is 7.80. The fourth-order valence-corrected chi connectivity index (χ4v) is 2.75. The molecule has 0 unspecified atom stereocenters. The summed E-state index contributed by atoms with van der Waals surface area (Å²) in [5.41, 5.74) is 7.85. The van der Waals surface area contributed by atoms with E-state index in [-0.39, 0.29) is 23.9 Å². The van der Waals surface area contributed by atoms with E-state index in [9.17, 15) is 14.4 Å². The van der Waals surface area contributed by atoms with Crippen LogP contribution in [-0.4, -0.2) is 22.8 Å². The van der Waals surface area contributed by atoms with Crippen LogP contribution in [0.2, 0.25) is 5.02 Å². The highest BCUT2D eigenvalue weighted by Gasteiger charge is 2.11. The molecule has 0 radical (unpaired) electrons. The summed E-state index contributed by atoms with van der Waals surface area (Å²) in [6.07, 6.45) is -0.0446. The van der Waals surface area contributed by atoms with Crippen molar-refractivity contribution in [1.82, 2.24) is 16.2 Å². The van der Waals surface area contributed by atoms with Gasteiger partial charge in [0.1, 0.15) is 0 Å². The number of hydrogen-bond donors (Lipinski definition) is 4. The third-order valence-corrected chi connectivity index (χ3v) is 4.30. The number of hydrogen-bond acceptors (Lipinski definition) is 4. The van der Waals surface area contributed by atoms with Crippen LogP contribution in [0, 0.1) is 13.8 Å². The normalized spacial score (nSPS) is 10.0. The molecule has 9 heteroatoms. The lowest BCUT2D eigenvalue weighted by molar-refractivity contribution is -0.124. The smallest absolute Gasteiger partial charge is 0.257 e. The molecular formula is C20H21ClN4O3S. The van der Waals surface area contributed by atoms with Gasteiger partial charge < -0.3 is 5.32 Å². The van der Waals surface area contributed by atoms with E-state index in [1.165, 1.54) is 6.07 Å². The molecule has 2 aromatic rings. The van der Waals surface area contributed by atoms with Crippen molar-refractivity contribution in [3.63, 3.8) is 0 Å². The van der Waals surface area contributed by atoms with Crippen LogP contribution in [0.5, 0.6) is 0 Å². The van der Waals surface area contributed by atoms with Crippen LogP contribution in [0.15, 0.2) is 42.5 Å². The van der Waals surface area contributed by atoms with Crippen LogP contribution in [0.3, 0.4) is 0 Å². The third-order valence-electron chi connectivity index (χ3n) is 3.86. The zero-order chi connectivity index (χ0) is 21.4. The molecule has 152 valence electrons. The van der Waals surface area contributed by atoms with Gasteiger partial charge in [0.15, 0.2) is 5.11 Å². The van der Waals surface area contributed by atoms with Gasteiger partial charge >= 0.3 is 0 Å². The van der Waals surface area contributed by atoms with Gasteiger partial charge in [0, 0.05) is 29.1 Å². The fourth-order valence-electron chi connectivity index (χ4n) is 2.42. The average Bonchev–Trinajstić information content (AvgIpc) is 2.67. The van der Waals surface area contributed by atoms with Crippen molar-refractivity contribution < 1.29 is 14.4 Å². The summed E-state index contributed by atoms with van der Waals surface area (Å²) >= 11 is 10.8. The molecule has 0 aromatic heterocycles. The second-order valence-corrected chi connectivity index (χ2v) is 7.18. The van der Waals surface area contributed by atoms with Gasteiger partial charge in [0.25, 0.3) is 5.91 Å². The Balaban J connectivity index is 1.71. The van der Waals surface area contributed by atoms with Crippen molar-refractivity contribution in [1.29, 1.82) is 0 Å². The van der Waals surface area contributed by atoms with Gasteiger partial charge in [-0.05, 0) is 55.9 Å². The summed E-state index contributed by atoms with van der Waals surface area (Å²) in [5.74, 6) is -1.18. The second-order valence-electron chi connectivity index (χ2n) is 6.33. The monoisotopic (exact) mass is 432 g/mol. The van der Waals surface area contributed by atoms with Crippen LogP contribution >= 0.6 is 23.8 Å². The molecule has 0 aliphatic heterocycles. The number of anilines is 1. The highest BCUT2D eigenvalue weighted by atomic mass is 35.5. The number of carbonyl (C=O) groups excluding carboxylic acids is 3. The van der Waals surface area contributed by atoms with E-state index in [4.69, 9.17) is 23.8 Å². The summed E-state index contributed by atoms with van der Waals surface area (Å²) < 4.78 is 0. The number of benzene rings is 2. The van der Waals surface area contributed by atoms with Crippen molar-refractivity contribution >= 4 is 52.3 Å². The maximum absolute atomic E-state index is 12.0. The number of carbonyl (C=O) groups is 3. The predicted molar refractivity (Wildman–Crippen MR) is 117 cm³/mol. The van der Waals surface area contributed by atoms with Crippen molar-refractivity contribution in [3.8, 4) is 0 Å². The first kappa shape index (κ1) is 22.3. The van der Waals surface area contributed by atoms with Crippen LogP contribution < -0.4 is 21.5 Å². The zero-order valence-electron chi connectivity index (χ0n) is 16.0. The topological polar surface area (TPSA) is 99.3 Å².